The summed E-state index contributed by atoms with van der Waals surface area (Å²) < 4.78 is 17.1. The molecule has 0 saturated heterocycles. The van der Waals surface area contributed by atoms with Crippen LogP contribution in [0.5, 0.6) is 17.2 Å². The number of ether oxygens (including phenoxy) is 3. The summed E-state index contributed by atoms with van der Waals surface area (Å²) in [6.45, 7) is 0.682. The molecule has 1 amide bonds. The minimum absolute atomic E-state index is 0.0151. The molecule has 5 rings (SSSR count). The summed E-state index contributed by atoms with van der Waals surface area (Å²) in [5.74, 6) is 2.75. The van der Waals surface area contributed by atoms with Crippen molar-refractivity contribution in [1.82, 2.24) is 0 Å². The number of nitrogens with zero attached hydrogens (tertiary/aromatic N) is 1. The van der Waals surface area contributed by atoms with E-state index in [1.54, 1.807) is 14.2 Å². The number of anilines is 1. The minimum Gasteiger partial charge on any atom is -0.497 e. The predicted molar refractivity (Wildman–Crippen MR) is 129 cm³/mol. The summed E-state index contributed by atoms with van der Waals surface area (Å²) in [6.07, 6.45) is 2.70. The summed E-state index contributed by atoms with van der Waals surface area (Å²) in [5.41, 5.74) is 3.75. The lowest BCUT2D eigenvalue weighted by molar-refractivity contribution is -0.118. The highest BCUT2D eigenvalue weighted by Crippen LogP contribution is 2.44. The van der Waals surface area contributed by atoms with Gasteiger partial charge >= 0.3 is 0 Å². The fourth-order valence-corrected chi connectivity index (χ4v) is 4.46. The maximum atomic E-state index is 13.5. The third kappa shape index (κ3) is 4.38. The van der Waals surface area contributed by atoms with Crippen molar-refractivity contribution in [1.29, 1.82) is 0 Å². The third-order valence-electron chi connectivity index (χ3n) is 6.30. The van der Waals surface area contributed by atoms with Crippen molar-refractivity contribution in [2.24, 2.45) is 5.92 Å². The number of amides is 1. The molecule has 1 aliphatic heterocycles. The van der Waals surface area contributed by atoms with Crippen LogP contribution < -0.4 is 19.1 Å². The van der Waals surface area contributed by atoms with E-state index in [1.807, 2.05) is 65.6 Å². The van der Waals surface area contributed by atoms with Crippen LogP contribution >= 0.6 is 11.6 Å². The number of benzene rings is 3. The first-order valence-corrected chi connectivity index (χ1v) is 11.5. The molecule has 1 aliphatic carbocycles. The van der Waals surface area contributed by atoms with Gasteiger partial charge in [-0.2, -0.15) is 0 Å². The van der Waals surface area contributed by atoms with Crippen LogP contribution in [0.2, 0.25) is 5.02 Å². The van der Waals surface area contributed by atoms with E-state index in [0.29, 0.717) is 29.0 Å². The van der Waals surface area contributed by atoms with E-state index in [0.717, 1.165) is 28.1 Å². The summed E-state index contributed by atoms with van der Waals surface area (Å²) >= 11 is 6.18. The van der Waals surface area contributed by atoms with Gasteiger partial charge in [0.15, 0.2) is 11.5 Å². The van der Waals surface area contributed by atoms with E-state index in [4.69, 9.17) is 25.8 Å². The normalized spacial score (nSPS) is 17.5. The van der Waals surface area contributed by atoms with Crippen molar-refractivity contribution < 1.29 is 19.0 Å². The Labute approximate surface area is 198 Å². The molecule has 1 fully saturated rings. The SMILES string of the molecule is COc1ccc(N2C(=O)Cc3cc(OC)c(OCC4CC4)cc3C2c2ccc(Cl)cc2)cc1. The molecular formula is C27H26ClNO4. The van der Waals surface area contributed by atoms with E-state index in [-0.39, 0.29) is 18.4 Å². The highest BCUT2D eigenvalue weighted by atomic mass is 35.5. The molecule has 0 spiro atoms. The van der Waals surface area contributed by atoms with E-state index in [2.05, 4.69) is 0 Å². The number of rotatable bonds is 7. The van der Waals surface area contributed by atoms with Crippen LogP contribution in [0.25, 0.3) is 0 Å². The zero-order valence-electron chi connectivity index (χ0n) is 18.7. The Morgan fingerprint density at radius 1 is 0.939 bits per heavy atom. The first kappa shape index (κ1) is 21.7. The smallest absolute Gasteiger partial charge is 0.232 e. The zero-order valence-corrected chi connectivity index (χ0v) is 19.5. The topological polar surface area (TPSA) is 48.0 Å². The Hall–Kier alpha value is -3.18. The van der Waals surface area contributed by atoms with Gasteiger partial charge in [-0.05, 0) is 84.0 Å². The maximum absolute atomic E-state index is 13.5. The number of fused-ring (bicyclic) bond motifs is 1. The van der Waals surface area contributed by atoms with Crippen molar-refractivity contribution in [2.45, 2.75) is 25.3 Å². The van der Waals surface area contributed by atoms with Crippen LogP contribution in [0.3, 0.4) is 0 Å². The van der Waals surface area contributed by atoms with E-state index in [1.165, 1.54) is 12.8 Å². The number of carbonyl (C=O) groups excluding carboxylic acids is 1. The van der Waals surface area contributed by atoms with Gasteiger partial charge in [0, 0.05) is 10.7 Å². The van der Waals surface area contributed by atoms with E-state index >= 15 is 0 Å². The highest BCUT2D eigenvalue weighted by molar-refractivity contribution is 6.30. The molecule has 3 aromatic rings. The van der Waals surface area contributed by atoms with E-state index < -0.39 is 0 Å². The van der Waals surface area contributed by atoms with Crippen LogP contribution in [-0.4, -0.2) is 26.7 Å². The molecular weight excluding hydrogens is 438 g/mol. The van der Waals surface area contributed by atoms with Gasteiger partial charge in [-0.15, -0.1) is 0 Å². The molecule has 2 aliphatic rings. The Morgan fingerprint density at radius 3 is 2.30 bits per heavy atom. The van der Waals surface area contributed by atoms with E-state index in [9.17, 15) is 4.79 Å². The molecule has 5 nitrogen and oxygen atoms in total. The molecule has 1 unspecified atom stereocenters. The minimum atomic E-state index is -0.318. The maximum Gasteiger partial charge on any atom is 0.232 e. The highest BCUT2D eigenvalue weighted by Gasteiger charge is 2.36. The van der Waals surface area contributed by atoms with Gasteiger partial charge in [-0.25, -0.2) is 0 Å². The third-order valence-corrected chi connectivity index (χ3v) is 6.55. The van der Waals surface area contributed by atoms with Crippen molar-refractivity contribution in [3.63, 3.8) is 0 Å². The molecule has 0 radical (unpaired) electrons. The molecule has 170 valence electrons. The van der Waals surface area contributed by atoms with Crippen LogP contribution in [0.1, 0.15) is 35.6 Å². The van der Waals surface area contributed by atoms with Crippen molar-refractivity contribution in [2.75, 3.05) is 25.7 Å². The largest absolute Gasteiger partial charge is 0.497 e. The summed E-state index contributed by atoms with van der Waals surface area (Å²) in [7, 11) is 3.26. The van der Waals surface area contributed by atoms with Crippen molar-refractivity contribution in [3.8, 4) is 17.2 Å². The average molecular weight is 464 g/mol. The van der Waals surface area contributed by atoms with Gasteiger partial charge in [-0.1, -0.05) is 23.7 Å². The van der Waals surface area contributed by atoms with Gasteiger partial charge in [0.25, 0.3) is 0 Å². The molecule has 3 aromatic carbocycles. The Kier molecular flexibility index (Phi) is 5.90. The first-order chi connectivity index (χ1) is 16.1. The van der Waals surface area contributed by atoms with Gasteiger partial charge in [0.2, 0.25) is 5.91 Å². The van der Waals surface area contributed by atoms with Crippen molar-refractivity contribution in [3.05, 3.63) is 82.4 Å². The second kappa shape index (κ2) is 8.99. The van der Waals surface area contributed by atoms with Crippen LogP contribution in [0.15, 0.2) is 60.7 Å². The number of hydrogen-bond donors (Lipinski definition) is 0. The summed E-state index contributed by atoms with van der Waals surface area (Å²) in [6, 6.07) is 18.9. The molecule has 6 heteroatoms. The predicted octanol–water partition coefficient (Wildman–Crippen LogP) is 5.82. The monoisotopic (exact) mass is 463 g/mol. The summed E-state index contributed by atoms with van der Waals surface area (Å²) in [4.78, 5) is 15.3. The number of carbonyl (C=O) groups is 1. The van der Waals surface area contributed by atoms with Crippen molar-refractivity contribution >= 4 is 23.2 Å². The lowest BCUT2D eigenvalue weighted by Gasteiger charge is -2.38. The van der Waals surface area contributed by atoms with Gasteiger partial charge in [0.1, 0.15) is 5.75 Å². The quantitative estimate of drug-likeness (QED) is 0.442. The van der Waals surface area contributed by atoms with Crippen LogP contribution in [0.4, 0.5) is 5.69 Å². The molecule has 0 N–H and O–H groups in total. The molecule has 1 atom stereocenters. The average Bonchev–Trinajstić information content (AvgIpc) is 3.67. The first-order valence-electron chi connectivity index (χ1n) is 11.1. The standard InChI is InChI=1S/C27H26ClNO4/c1-31-22-11-9-21(10-12-22)29-26(30)14-19-13-24(32-2)25(33-16-17-3-4-17)15-23(19)27(29)18-5-7-20(28)8-6-18/h5-13,15,17,27H,3-4,14,16H2,1-2H3. The zero-order chi connectivity index (χ0) is 22.9. The Bertz CT molecular complexity index is 1160. The fourth-order valence-electron chi connectivity index (χ4n) is 4.33. The second-order valence-electron chi connectivity index (χ2n) is 8.55. The number of hydrogen-bond acceptors (Lipinski definition) is 4. The molecule has 33 heavy (non-hydrogen) atoms. The number of halogens is 1. The van der Waals surface area contributed by atoms with Crippen LogP contribution in [-0.2, 0) is 11.2 Å². The molecule has 0 bridgehead atoms. The second-order valence-corrected chi connectivity index (χ2v) is 8.99. The summed E-state index contributed by atoms with van der Waals surface area (Å²) in [5, 5.41) is 0.653. The lowest BCUT2D eigenvalue weighted by atomic mass is 9.87. The van der Waals surface area contributed by atoms with Crippen LogP contribution in [0, 0.1) is 5.92 Å². The molecule has 1 heterocycles. The Balaban J connectivity index is 1.63. The Morgan fingerprint density at radius 2 is 1.67 bits per heavy atom. The molecule has 1 saturated carbocycles. The lowest BCUT2D eigenvalue weighted by Crippen LogP contribution is -2.41. The van der Waals surface area contributed by atoms with Gasteiger partial charge < -0.3 is 19.1 Å². The molecule has 0 aromatic heterocycles. The number of methoxy groups -OCH3 is 2. The van der Waals surface area contributed by atoms with Gasteiger partial charge in [0.05, 0.1) is 33.3 Å². The van der Waals surface area contributed by atoms with Gasteiger partial charge in [-0.3, -0.25) is 4.79 Å². The fraction of sp³-hybridized carbons (Fsp3) is 0.296.